The molecule has 7 heteroatoms. The summed E-state index contributed by atoms with van der Waals surface area (Å²) in [6, 6.07) is 8.41. The molecule has 0 aliphatic carbocycles. The molecule has 134 valence electrons. The minimum Gasteiger partial charge on any atom is -0.336 e. The lowest BCUT2D eigenvalue weighted by molar-refractivity contribution is -0.162. The number of fused-ring (bicyclic) bond motifs is 1. The van der Waals surface area contributed by atoms with Gasteiger partial charge >= 0.3 is 6.18 Å². The first-order valence-electron chi connectivity index (χ1n) is 8.45. The fraction of sp³-hybridized carbons (Fsp3) is 0.556. The topological polar surface area (TPSA) is 56.1 Å². The molecule has 1 aromatic rings. The van der Waals surface area contributed by atoms with Gasteiger partial charge in [-0.1, -0.05) is 24.3 Å². The fourth-order valence-corrected chi connectivity index (χ4v) is 3.79. The molecule has 2 heterocycles. The first-order chi connectivity index (χ1) is 11.9. The highest BCUT2D eigenvalue weighted by Gasteiger charge is 2.46. The van der Waals surface area contributed by atoms with Gasteiger partial charge in [-0.25, -0.2) is 0 Å². The van der Waals surface area contributed by atoms with Crippen molar-refractivity contribution in [2.24, 2.45) is 11.8 Å². The Balaban J connectivity index is 1.85. The van der Waals surface area contributed by atoms with Crippen molar-refractivity contribution < 1.29 is 18.0 Å². The Bertz CT molecular complexity index is 677. The van der Waals surface area contributed by atoms with Crippen molar-refractivity contribution in [3.05, 3.63) is 35.4 Å². The molecule has 0 bridgehead atoms. The molecule has 3 rings (SSSR count). The SMILES string of the molecule is N#CC(C(=O)N1Cc2ccccc2C(C(F)(F)F)C1)C1CCNCC1. The monoisotopic (exact) mass is 351 g/mol. The van der Waals surface area contributed by atoms with Crippen LogP contribution in [0.25, 0.3) is 0 Å². The second-order valence-corrected chi connectivity index (χ2v) is 6.71. The van der Waals surface area contributed by atoms with Gasteiger partial charge < -0.3 is 10.2 Å². The van der Waals surface area contributed by atoms with Gasteiger partial charge in [-0.2, -0.15) is 18.4 Å². The number of carbonyl (C=O) groups excluding carboxylic acids is 1. The van der Waals surface area contributed by atoms with Gasteiger partial charge in [0, 0.05) is 13.1 Å². The highest BCUT2D eigenvalue weighted by atomic mass is 19.4. The normalized spacial score (nSPS) is 22.8. The third-order valence-electron chi connectivity index (χ3n) is 5.16. The molecule has 0 saturated carbocycles. The largest absolute Gasteiger partial charge is 0.397 e. The van der Waals surface area contributed by atoms with Crippen LogP contribution < -0.4 is 5.32 Å². The lowest BCUT2D eigenvalue weighted by Gasteiger charge is -2.37. The molecule has 0 spiro atoms. The smallest absolute Gasteiger partial charge is 0.336 e. The van der Waals surface area contributed by atoms with Gasteiger partial charge in [0.2, 0.25) is 5.91 Å². The molecule has 4 nitrogen and oxygen atoms in total. The number of nitriles is 1. The number of hydrogen-bond acceptors (Lipinski definition) is 3. The van der Waals surface area contributed by atoms with Crippen LogP contribution in [0.1, 0.15) is 29.9 Å². The Kier molecular flexibility index (Phi) is 5.00. The number of nitrogens with zero attached hydrogens (tertiary/aromatic N) is 2. The van der Waals surface area contributed by atoms with Crippen molar-refractivity contribution in [2.45, 2.75) is 31.5 Å². The van der Waals surface area contributed by atoms with Crippen molar-refractivity contribution in [3.63, 3.8) is 0 Å². The van der Waals surface area contributed by atoms with Crippen molar-refractivity contribution in [3.8, 4) is 6.07 Å². The average Bonchev–Trinajstić information content (AvgIpc) is 2.61. The maximum Gasteiger partial charge on any atom is 0.397 e. The Hall–Kier alpha value is -2.07. The highest BCUT2D eigenvalue weighted by molar-refractivity contribution is 5.82. The van der Waals surface area contributed by atoms with Crippen LogP contribution in [0.15, 0.2) is 24.3 Å². The van der Waals surface area contributed by atoms with Crippen LogP contribution >= 0.6 is 0 Å². The average molecular weight is 351 g/mol. The van der Waals surface area contributed by atoms with Crippen LogP contribution in [0, 0.1) is 23.2 Å². The number of benzene rings is 1. The zero-order valence-electron chi connectivity index (χ0n) is 13.7. The lowest BCUT2D eigenvalue weighted by Crippen LogP contribution is -2.47. The minimum atomic E-state index is -4.42. The van der Waals surface area contributed by atoms with Crippen molar-refractivity contribution >= 4 is 5.91 Å². The molecule has 1 fully saturated rings. The Morgan fingerprint density at radius 1 is 1.28 bits per heavy atom. The summed E-state index contributed by atoms with van der Waals surface area (Å²) in [5.41, 5.74) is 0.737. The molecule has 1 N–H and O–H groups in total. The molecule has 2 aliphatic rings. The van der Waals surface area contributed by atoms with Gasteiger partial charge in [0.1, 0.15) is 5.92 Å². The van der Waals surface area contributed by atoms with E-state index in [-0.39, 0.29) is 18.0 Å². The Labute approximate surface area is 144 Å². The third kappa shape index (κ3) is 3.64. The summed E-state index contributed by atoms with van der Waals surface area (Å²) in [4.78, 5) is 14.0. The van der Waals surface area contributed by atoms with E-state index in [1.807, 2.05) is 6.07 Å². The molecular weight excluding hydrogens is 331 g/mol. The van der Waals surface area contributed by atoms with E-state index in [0.29, 0.717) is 18.4 Å². The zero-order chi connectivity index (χ0) is 18.0. The zero-order valence-corrected chi connectivity index (χ0v) is 13.7. The maximum absolute atomic E-state index is 13.5. The summed E-state index contributed by atoms with van der Waals surface area (Å²) in [5.74, 6) is -3.14. The van der Waals surface area contributed by atoms with E-state index in [1.165, 1.54) is 11.0 Å². The molecule has 25 heavy (non-hydrogen) atoms. The van der Waals surface area contributed by atoms with Gasteiger partial charge in [-0.3, -0.25) is 4.79 Å². The minimum absolute atomic E-state index is 0.0970. The predicted molar refractivity (Wildman–Crippen MR) is 85.4 cm³/mol. The first kappa shape index (κ1) is 17.7. The quantitative estimate of drug-likeness (QED) is 0.891. The molecule has 2 atom stereocenters. The number of halogens is 3. The maximum atomic E-state index is 13.5. The number of piperidine rings is 1. The number of alkyl halides is 3. The Morgan fingerprint density at radius 3 is 2.60 bits per heavy atom. The number of amides is 1. The summed E-state index contributed by atoms with van der Waals surface area (Å²) >= 11 is 0. The molecule has 2 unspecified atom stereocenters. The summed E-state index contributed by atoms with van der Waals surface area (Å²) < 4.78 is 40.4. The molecule has 1 aromatic carbocycles. The van der Waals surface area contributed by atoms with Gasteiger partial charge in [0.25, 0.3) is 0 Å². The van der Waals surface area contributed by atoms with Crippen LogP contribution in [0.5, 0.6) is 0 Å². The van der Waals surface area contributed by atoms with Crippen molar-refractivity contribution in [2.75, 3.05) is 19.6 Å². The molecular formula is C18H20F3N3O. The fourth-order valence-electron chi connectivity index (χ4n) is 3.79. The summed E-state index contributed by atoms with van der Waals surface area (Å²) in [6.07, 6.45) is -3.04. The first-order valence-corrected chi connectivity index (χ1v) is 8.45. The Morgan fingerprint density at radius 2 is 1.96 bits per heavy atom. The molecule has 0 radical (unpaired) electrons. The van der Waals surface area contributed by atoms with Crippen molar-refractivity contribution in [1.29, 1.82) is 5.26 Å². The second kappa shape index (κ2) is 7.04. The van der Waals surface area contributed by atoms with Crippen LogP contribution in [-0.2, 0) is 11.3 Å². The summed E-state index contributed by atoms with van der Waals surface area (Å²) in [5, 5.41) is 12.6. The number of hydrogen-bond donors (Lipinski definition) is 1. The van der Waals surface area contributed by atoms with Crippen LogP contribution in [0.2, 0.25) is 0 Å². The van der Waals surface area contributed by atoms with Gasteiger partial charge in [-0.05, 0) is 43.0 Å². The molecule has 1 saturated heterocycles. The van der Waals surface area contributed by atoms with Gasteiger partial charge in [0.05, 0.1) is 12.0 Å². The lowest BCUT2D eigenvalue weighted by atomic mass is 9.83. The van der Waals surface area contributed by atoms with Gasteiger partial charge in [-0.15, -0.1) is 0 Å². The number of carbonyl (C=O) groups is 1. The summed E-state index contributed by atoms with van der Waals surface area (Å²) in [6.45, 7) is 1.17. The standard InChI is InChI=1S/C18H20F3N3O/c19-18(20,21)16-11-24(10-13-3-1-2-4-14(13)16)17(25)15(9-22)12-5-7-23-8-6-12/h1-4,12,15-16,23H,5-8,10-11H2. The van der Waals surface area contributed by atoms with E-state index in [0.717, 1.165) is 13.1 Å². The van der Waals surface area contributed by atoms with Crippen molar-refractivity contribution in [1.82, 2.24) is 10.2 Å². The predicted octanol–water partition coefficient (Wildman–Crippen LogP) is 2.81. The molecule has 1 amide bonds. The van der Waals surface area contributed by atoms with E-state index < -0.39 is 30.5 Å². The second-order valence-electron chi connectivity index (χ2n) is 6.71. The third-order valence-corrected chi connectivity index (χ3v) is 5.16. The van der Waals surface area contributed by atoms with E-state index >= 15 is 0 Å². The van der Waals surface area contributed by atoms with E-state index in [4.69, 9.17) is 0 Å². The number of rotatable bonds is 2. The van der Waals surface area contributed by atoms with E-state index in [2.05, 4.69) is 5.32 Å². The van der Waals surface area contributed by atoms with Crippen LogP contribution in [-0.4, -0.2) is 36.6 Å². The van der Waals surface area contributed by atoms with Gasteiger partial charge in [0.15, 0.2) is 0 Å². The molecule has 0 aromatic heterocycles. The van der Waals surface area contributed by atoms with E-state index in [1.54, 1.807) is 18.2 Å². The van der Waals surface area contributed by atoms with Crippen LogP contribution in [0.3, 0.4) is 0 Å². The highest BCUT2D eigenvalue weighted by Crippen LogP contribution is 2.41. The van der Waals surface area contributed by atoms with Crippen LogP contribution in [0.4, 0.5) is 13.2 Å². The summed E-state index contributed by atoms with van der Waals surface area (Å²) in [7, 11) is 0. The molecule has 2 aliphatic heterocycles. The number of nitrogens with one attached hydrogen (secondary N) is 1. The van der Waals surface area contributed by atoms with E-state index in [9.17, 15) is 23.2 Å².